The van der Waals surface area contributed by atoms with Crippen molar-refractivity contribution in [2.75, 3.05) is 23.3 Å². The fourth-order valence-corrected chi connectivity index (χ4v) is 5.09. The van der Waals surface area contributed by atoms with Gasteiger partial charge in [-0.3, -0.25) is 9.10 Å². The van der Waals surface area contributed by atoms with Crippen molar-refractivity contribution in [3.8, 4) is 11.5 Å². The van der Waals surface area contributed by atoms with E-state index in [0.717, 1.165) is 5.56 Å². The van der Waals surface area contributed by atoms with Gasteiger partial charge in [-0.2, -0.15) is 0 Å². The number of rotatable bonds is 6. The van der Waals surface area contributed by atoms with E-state index in [-0.39, 0.29) is 11.4 Å². The molecule has 33 heavy (non-hydrogen) atoms. The summed E-state index contributed by atoms with van der Waals surface area (Å²) in [6.45, 7) is 4.04. The Balaban J connectivity index is 1.61. The van der Waals surface area contributed by atoms with Gasteiger partial charge in [0, 0.05) is 5.69 Å². The number of fused-ring (bicyclic) bond motifs is 1. The monoisotopic (exact) mass is 466 g/mol. The lowest BCUT2D eigenvalue weighted by Gasteiger charge is -2.34. The van der Waals surface area contributed by atoms with Gasteiger partial charge in [-0.15, -0.1) is 0 Å². The van der Waals surface area contributed by atoms with Gasteiger partial charge in [0.1, 0.15) is 11.5 Å². The smallest absolute Gasteiger partial charge is 0.267 e. The molecule has 1 aliphatic rings. The van der Waals surface area contributed by atoms with Gasteiger partial charge in [-0.1, -0.05) is 38.1 Å². The first kappa shape index (κ1) is 22.7. The number of anilines is 2. The maximum absolute atomic E-state index is 13.5. The van der Waals surface area contributed by atoms with Crippen LogP contribution < -0.4 is 19.1 Å². The predicted molar refractivity (Wildman–Crippen MR) is 128 cm³/mol. The lowest BCUT2D eigenvalue weighted by atomic mass is 10.0. The van der Waals surface area contributed by atoms with Gasteiger partial charge >= 0.3 is 0 Å². The molecule has 3 aromatic carbocycles. The van der Waals surface area contributed by atoms with Crippen molar-refractivity contribution in [3.63, 3.8) is 0 Å². The van der Waals surface area contributed by atoms with Gasteiger partial charge in [0.15, 0.2) is 6.10 Å². The van der Waals surface area contributed by atoms with Crippen molar-refractivity contribution in [3.05, 3.63) is 78.4 Å². The number of carbonyl (C=O) groups excluding carboxylic acids is 1. The Morgan fingerprint density at radius 1 is 1.03 bits per heavy atom. The molecule has 3 aromatic rings. The van der Waals surface area contributed by atoms with Crippen LogP contribution in [-0.2, 0) is 14.8 Å². The van der Waals surface area contributed by atoms with Gasteiger partial charge in [0.05, 0.1) is 24.2 Å². The molecular weight excluding hydrogens is 440 g/mol. The second-order valence-corrected chi connectivity index (χ2v) is 9.91. The predicted octanol–water partition coefficient (Wildman–Crippen LogP) is 4.41. The maximum Gasteiger partial charge on any atom is 0.267 e. The van der Waals surface area contributed by atoms with Crippen LogP contribution in [0.1, 0.15) is 25.3 Å². The van der Waals surface area contributed by atoms with Crippen molar-refractivity contribution in [2.24, 2.45) is 0 Å². The molecule has 0 spiro atoms. The lowest BCUT2D eigenvalue weighted by molar-refractivity contribution is -0.122. The molecule has 1 amide bonds. The van der Waals surface area contributed by atoms with E-state index in [1.54, 1.807) is 36.4 Å². The highest BCUT2D eigenvalue weighted by Gasteiger charge is 2.37. The highest BCUT2D eigenvalue weighted by molar-refractivity contribution is 7.92. The summed E-state index contributed by atoms with van der Waals surface area (Å²) >= 11 is 0. The van der Waals surface area contributed by atoms with Crippen LogP contribution in [0.25, 0.3) is 0 Å². The number of ether oxygens (including phenoxy) is 2. The van der Waals surface area contributed by atoms with E-state index in [1.807, 2.05) is 24.3 Å². The number of methoxy groups -OCH3 is 1. The normalized spacial score (nSPS) is 15.5. The second-order valence-electron chi connectivity index (χ2n) is 8.05. The Morgan fingerprint density at radius 3 is 2.33 bits per heavy atom. The third-order valence-corrected chi connectivity index (χ3v) is 7.31. The zero-order chi connectivity index (χ0) is 23.6. The maximum atomic E-state index is 13.5. The molecule has 1 unspecified atom stereocenters. The number of nitrogens with zero attached hydrogens (tertiary/aromatic N) is 1. The van der Waals surface area contributed by atoms with Gasteiger partial charge in [0.2, 0.25) is 0 Å². The molecular formula is C25H26N2O5S. The Morgan fingerprint density at radius 2 is 1.70 bits per heavy atom. The first-order valence-electron chi connectivity index (χ1n) is 10.6. The minimum absolute atomic E-state index is 0.100. The second kappa shape index (κ2) is 9.15. The molecule has 7 nitrogen and oxygen atoms in total. The van der Waals surface area contributed by atoms with Crippen LogP contribution in [-0.4, -0.2) is 34.1 Å². The van der Waals surface area contributed by atoms with Gasteiger partial charge in [-0.05, 0) is 60.0 Å². The lowest BCUT2D eigenvalue weighted by Crippen LogP contribution is -2.48. The molecule has 172 valence electrons. The largest absolute Gasteiger partial charge is 0.497 e. The number of amides is 1. The molecule has 0 saturated carbocycles. The molecule has 1 aliphatic heterocycles. The topological polar surface area (TPSA) is 84.9 Å². The van der Waals surface area contributed by atoms with Crippen molar-refractivity contribution in [1.29, 1.82) is 0 Å². The van der Waals surface area contributed by atoms with Crippen molar-refractivity contribution in [1.82, 2.24) is 0 Å². The first-order valence-corrected chi connectivity index (χ1v) is 12.1. The Labute approximate surface area is 194 Å². The summed E-state index contributed by atoms with van der Waals surface area (Å²) in [7, 11) is -2.42. The number of carbonyl (C=O) groups is 1. The molecule has 0 aliphatic carbocycles. The zero-order valence-electron chi connectivity index (χ0n) is 18.7. The standard InChI is InChI=1S/C25H26N2O5S/c1-17(2)18-8-10-19(11-9-18)26-25(28)24-16-27(22-6-4-5-7-23(22)32-24)33(29,30)21-14-12-20(31-3)13-15-21/h4-15,17,24H,16H2,1-3H3,(H,26,28). The van der Waals surface area contributed by atoms with Crippen LogP contribution in [0.15, 0.2) is 77.7 Å². The molecule has 1 heterocycles. The number of hydrogen-bond acceptors (Lipinski definition) is 5. The SMILES string of the molecule is COc1ccc(S(=O)(=O)N2CC(C(=O)Nc3ccc(C(C)C)cc3)Oc3ccccc32)cc1. The van der Waals surface area contributed by atoms with Crippen molar-refractivity contribution in [2.45, 2.75) is 30.8 Å². The van der Waals surface area contributed by atoms with Gasteiger partial charge < -0.3 is 14.8 Å². The van der Waals surface area contributed by atoms with Crippen molar-refractivity contribution >= 4 is 27.3 Å². The summed E-state index contributed by atoms with van der Waals surface area (Å²) in [6, 6.07) is 20.5. The Kier molecular flexibility index (Phi) is 6.29. The van der Waals surface area contributed by atoms with Crippen LogP contribution in [0.2, 0.25) is 0 Å². The van der Waals surface area contributed by atoms with Crippen LogP contribution in [0.3, 0.4) is 0 Å². The van der Waals surface area contributed by atoms with E-state index in [9.17, 15) is 13.2 Å². The van der Waals surface area contributed by atoms with E-state index >= 15 is 0 Å². The molecule has 0 radical (unpaired) electrons. The quantitative estimate of drug-likeness (QED) is 0.582. The average molecular weight is 467 g/mol. The van der Waals surface area contributed by atoms with Crippen molar-refractivity contribution < 1.29 is 22.7 Å². The number of sulfonamides is 1. The molecule has 0 fully saturated rings. The van der Waals surface area contributed by atoms with E-state index in [0.29, 0.717) is 28.8 Å². The highest BCUT2D eigenvalue weighted by Crippen LogP contribution is 2.37. The zero-order valence-corrected chi connectivity index (χ0v) is 19.5. The van der Waals surface area contributed by atoms with Crippen LogP contribution in [0.4, 0.5) is 11.4 Å². The Bertz CT molecular complexity index is 1240. The summed E-state index contributed by atoms with van der Waals surface area (Å²) in [5.41, 5.74) is 2.17. The molecule has 0 aromatic heterocycles. The van der Waals surface area contributed by atoms with Crippen LogP contribution in [0.5, 0.6) is 11.5 Å². The Hall–Kier alpha value is -3.52. The van der Waals surface area contributed by atoms with Crippen LogP contribution in [0, 0.1) is 0 Å². The third-order valence-electron chi connectivity index (χ3n) is 5.52. The van der Waals surface area contributed by atoms with E-state index in [2.05, 4.69) is 19.2 Å². The van der Waals surface area contributed by atoms with Gasteiger partial charge in [0.25, 0.3) is 15.9 Å². The molecule has 1 N–H and O–H groups in total. The van der Waals surface area contributed by atoms with E-state index in [4.69, 9.17) is 9.47 Å². The fourth-order valence-electron chi connectivity index (χ4n) is 3.62. The summed E-state index contributed by atoms with van der Waals surface area (Å²) < 4.78 is 39.2. The summed E-state index contributed by atoms with van der Waals surface area (Å²) in [5, 5.41) is 2.83. The third kappa shape index (κ3) is 4.66. The number of para-hydroxylation sites is 2. The summed E-state index contributed by atoms with van der Waals surface area (Å²) in [6.07, 6.45) is -1.02. The number of hydrogen-bond donors (Lipinski definition) is 1. The molecule has 1 atom stereocenters. The van der Waals surface area contributed by atoms with Gasteiger partial charge in [-0.25, -0.2) is 8.42 Å². The summed E-state index contributed by atoms with van der Waals surface area (Å²) in [4.78, 5) is 13.1. The molecule has 0 bridgehead atoms. The highest BCUT2D eigenvalue weighted by atomic mass is 32.2. The van der Waals surface area contributed by atoms with Crippen LogP contribution >= 0.6 is 0 Å². The molecule has 8 heteroatoms. The summed E-state index contributed by atoms with van der Waals surface area (Å²) in [5.74, 6) is 0.842. The molecule has 0 saturated heterocycles. The molecule has 4 rings (SSSR count). The fraction of sp³-hybridized carbons (Fsp3) is 0.240. The minimum atomic E-state index is -3.94. The van der Waals surface area contributed by atoms with E-state index < -0.39 is 22.0 Å². The number of benzene rings is 3. The van der Waals surface area contributed by atoms with E-state index in [1.165, 1.54) is 23.5 Å². The number of nitrogens with one attached hydrogen (secondary N) is 1. The average Bonchev–Trinajstić information content (AvgIpc) is 2.83. The first-order chi connectivity index (χ1) is 15.8. The minimum Gasteiger partial charge on any atom is -0.497 e.